The number of aliphatic hydroxyl groups excluding tert-OH is 1. The first kappa shape index (κ1) is 16.7. The van der Waals surface area contributed by atoms with Gasteiger partial charge in [-0.2, -0.15) is 0 Å². The zero-order valence-electron chi connectivity index (χ0n) is 13.1. The molecular formula is C17H23ClN2O3. The summed E-state index contributed by atoms with van der Waals surface area (Å²) in [6.45, 7) is 2.93. The van der Waals surface area contributed by atoms with Crippen LogP contribution in [0.4, 0.5) is 0 Å². The summed E-state index contributed by atoms with van der Waals surface area (Å²) >= 11 is 6.13. The van der Waals surface area contributed by atoms with Gasteiger partial charge in [0.2, 0.25) is 5.91 Å². The normalized spacial score (nSPS) is 26.9. The molecule has 2 atom stereocenters. The summed E-state index contributed by atoms with van der Waals surface area (Å²) in [5, 5.41) is 16.7. The number of hydrogen-bond acceptors (Lipinski definition) is 4. The molecule has 1 aromatic rings. The van der Waals surface area contributed by atoms with E-state index in [1.165, 1.54) is 0 Å². The predicted molar refractivity (Wildman–Crippen MR) is 88.6 cm³/mol. The summed E-state index contributed by atoms with van der Waals surface area (Å²) < 4.78 is 5.46. The third-order valence-corrected chi connectivity index (χ3v) is 5.22. The molecule has 0 aliphatic carbocycles. The Bertz CT molecular complexity index is 561. The van der Waals surface area contributed by atoms with Gasteiger partial charge in [-0.25, -0.2) is 0 Å². The summed E-state index contributed by atoms with van der Waals surface area (Å²) in [5.74, 6) is 0.0670. The van der Waals surface area contributed by atoms with Gasteiger partial charge in [-0.1, -0.05) is 23.7 Å². The van der Waals surface area contributed by atoms with Crippen LogP contribution in [0.25, 0.3) is 0 Å². The average Bonchev–Trinajstić information content (AvgIpc) is 2.98. The van der Waals surface area contributed by atoms with Crippen LogP contribution in [0.5, 0.6) is 0 Å². The molecule has 2 saturated heterocycles. The number of ether oxygens (including phenoxy) is 1. The van der Waals surface area contributed by atoms with Crippen LogP contribution in [0.1, 0.15) is 18.4 Å². The van der Waals surface area contributed by atoms with Crippen molar-refractivity contribution in [3.63, 3.8) is 0 Å². The molecule has 126 valence electrons. The Morgan fingerprint density at radius 3 is 2.83 bits per heavy atom. The molecule has 1 amide bonds. The molecular weight excluding hydrogens is 316 g/mol. The molecule has 2 heterocycles. The number of amides is 1. The maximum absolute atomic E-state index is 13.0. The SMILES string of the molecule is O=C(NCC1CNCC1O)C1(c2cccc(Cl)c2)CCOCC1. The van der Waals surface area contributed by atoms with Gasteiger partial charge >= 0.3 is 0 Å². The van der Waals surface area contributed by atoms with Crippen LogP contribution in [-0.4, -0.2) is 50.0 Å². The van der Waals surface area contributed by atoms with Gasteiger partial charge in [0.05, 0.1) is 11.5 Å². The molecule has 0 bridgehead atoms. The van der Waals surface area contributed by atoms with Gasteiger partial charge in [0.25, 0.3) is 0 Å². The lowest BCUT2D eigenvalue weighted by atomic mass is 9.73. The van der Waals surface area contributed by atoms with Gasteiger partial charge in [-0.05, 0) is 30.5 Å². The van der Waals surface area contributed by atoms with Crippen molar-refractivity contribution in [3.05, 3.63) is 34.9 Å². The highest BCUT2D eigenvalue weighted by atomic mass is 35.5. The van der Waals surface area contributed by atoms with Crippen LogP contribution in [0.15, 0.2) is 24.3 Å². The maximum Gasteiger partial charge on any atom is 0.230 e. The van der Waals surface area contributed by atoms with E-state index in [-0.39, 0.29) is 11.8 Å². The Morgan fingerprint density at radius 2 is 2.17 bits per heavy atom. The zero-order chi connectivity index (χ0) is 16.3. The second-order valence-electron chi connectivity index (χ2n) is 6.40. The lowest BCUT2D eigenvalue weighted by molar-refractivity contribution is -0.130. The van der Waals surface area contributed by atoms with Crippen LogP contribution < -0.4 is 10.6 Å². The second-order valence-corrected chi connectivity index (χ2v) is 6.84. The number of benzene rings is 1. The minimum Gasteiger partial charge on any atom is -0.391 e. The Balaban J connectivity index is 1.76. The van der Waals surface area contributed by atoms with E-state index >= 15 is 0 Å². The molecule has 5 nitrogen and oxygen atoms in total. The number of hydrogen-bond donors (Lipinski definition) is 3. The van der Waals surface area contributed by atoms with Crippen molar-refractivity contribution in [2.24, 2.45) is 5.92 Å². The fourth-order valence-corrected chi connectivity index (χ4v) is 3.66. The zero-order valence-corrected chi connectivity index (χ0v) is 13.8. The molecule has 0 radical (unpaired) electrons. The van der Waals surface area contributed by atoms with E-state index in [2.05, 4.69) is 10.6 Å². The minimum absolute atomic E-state index is 0.00201. The van der Waals surface area contributed by atoms with E-state index < -0.39 is 11.5 Å². The number of halogens is 1. The molecule has 1 aromatic carbocycles. The first-order valence-corrected chi connectivity index (χ1v) is 8.50. The predicted octanol–water partition coefficient (Wildman–Crippen LogP) is 1.08. The Morgan fingerprint density at radius 1 is 1.39 bits per heavy atom. The average molecular weight is 339 g/mol. The second kappa shape index (κ2) is 7.18. The van der Waals surface area contributed by atoms with Gasteiger partial charge in [0.1, 0.15) is 0 Å². The summed E-state index contributed by atoms with van der Waals surface area (Å²) in [6, 6.07) is 7.53. The summed E-state index contributed by atoms with van der Waals surface area (Å²) in [4.78, 5) is 13.0. The number of nitrogens with one attached hydrogen (secondary N) is 2. The standard InChI is InChI=1S/C17H23ClN2O3/c18-14-3-1-2-13(8-14)17(4-6-23-7-5-17)16(22)20-10-12-9-19-11-15(12)21/h1-3,8,12,15,19,21H,4-7,9-11H2,(H,20,22). The minimum atomic E-state index is -0.597. The van der Waals surface area contributed by atoms with Gasteiger partial charge in [0, 0.05) is 43.8 Å². The summed E-state index contributed by atoms with van der Waals surface area (Å²) in [7, 11) is 0. The molecule has 2 unspecified atom stereocenters. The quantitative estimate of drug-likeness (QED) is 0.768. The Hall–Kier alpha value is -1.14. The van der Waals surface area contributed by atoms with E-state index in [1.807, 2.05) is 24.3 Å². The third-order valence-electron chi connectivity index (χ3n) is 4.99. The van der Waals surface area contributed by atoms with Crippen LogP contribution in [0, 0.1) is 5.92 Å². The molecule has 0 aromatic heterocycles. The smallest absolute Gasteiger partial charge is 0.230 e. The van der Waals surface area contributed by atoms with Crippen LogP contribution in [-0.2, 0) is 14.9 Å². The van der Waals surface area contributed by atoms with E-state index in [9.17, 15) is 9.90 Å². The van der Waals surface area contributed by atoms with E-state index in [0.717, 1.165) is 12.1 Å². The van der Waals surface area contributed by atoms with Gasteiger partial charge < -0.3 is 20.5 Å². The molecule has 0 saturated carbocycles. The monoisotopic (exact) mass is 338 g/mol. The van der Waals surface area contributed by atoms with E-state index in [1.54, 1.807) is 0 Å². The lowest BCUT2D eigenvalue weighted by Crippen LogP contribution is -2.49. The highest BCUT2D eigenvalue weighted by molar-refractivity contribution is 6.30. The van der Waals surface area contributed by atoms with Crippen molar-refractivity contribution in [3.8, 4) is 0 Å². The van der Waals surface area contributed by atoms with Crippen LogP contribution in [0.2, 0.25) is 5.02 Å². The highest BCUT2D eigenvalue weighted by Crippen LogP contribution is 2.36. The van der Waals surface area contributed by atoms with Crippen molar-refractivity contribution in [1.29, 1.82) is 0 Å². The van der Waals surface area contributed by atoms with Crippen molar-refractivity contribution < 1.29 is 14.6 Å². The van der Waals surface area contributed by atoms with Crippen LogP contribution in [0.3, 0.4) is 0 Å². The van der Waals surface area contributed by atoms with Gasteiger partial charge in [-0.3, -0.25) is 4.79 Å². The van der Waals surface area contributed by atoms with Gasteiger partial charge in [0.15, 0.2) is 0 Å². The van der Waals surface area contributed by atoms with Crippen LogP contribution >= 0.6 is 11.6 Å². The number of carbonyl (C=O) groups is 1. The number of β-amino-alcohol motifs (C(OH)–C–C–N with tert-alkyl or cyclic N) is 1. The van der Waals surface area contributed by atoms with Crippen molar-refractivity contribution in [1.82, 2.24) is 10.6 Å². The van der Waals surface area contributed by atoms with Crippen molar-refractivity contribution in [2.75, 3.05) is 32.8 Å². The van der Waals surface area contributed by atoms with Crippen molar-refractivity contribution >= 4 is 17.5 Å². The fraction of sp³-hybridized carbons (Fsp3) is 0.588. The molecule has 23 heavy (non-hydrogen) atoms. The Labute approximate surface area is 141 Å². The number of carbonyl (C=O) groups excluding carboxylic acids is 1. The largest absolute Gasteiger partial charge is 0.391 e. The molecule has 3 N–H and O–H groups in total. The Kier molecular flexibility index (Phi) is 5.21. The molecule has 6 heteroatoms. The summed E-state index contributed by atoms with van der Waals surface area (Å²) in [5.41, 5.74) is 0.344. The molecule has 0 spiro atoms. The number of aliphatic hydroxyl groups is 1. The molecule has 2 aliphatic rings. The fourth-order valence-electron chi connectivity index (χ4n) is 3.47. The maximum atomic E-state index is 13.0. The molecule has 2 fully saturated rings. The topological polar surface area (TPSA) is 70.6 Å². The van der Waals surface area contributed by atoms with Gasteiger partial charge in [-0.15, -0.1) is 0 Å². The lowest BCUT2D eigenvalue weighted by Gasteiger charge is -2.36. The molecule has 2 aliphatic heterocycles. The summed E-state index contributed by atoms with van der Waals surface area (Å²) in [6.07, 6.45) is 0.891. The first-order valence-electron chi connectivity index (χ1n) is 8.13. The highest BCUT2D eigenvalue weighted by Gasteiger charge is 2.42. The molecule has 3 rings (SSSR count). The number of rotatable bonds is 4. The van der Waals surface area contributed by atoms with E-state index in [0.29, 0.717) is 44.2 Å². The third kappa shape index (κ3) is 3.53. The first-order chi connectivity index (χ1) is 11.1. The van der Waals surface area contributed by atoms with E-state index in [4.69, 9.17) is 16.3 Å². The van der Waals surface area contributed by atoms with Crippen molar-refractivity contribution in [2.45, 2.75) is 24.4 Å².